The molecule has 0 radical (unpaired) electrons. The third-order valence-corrected chi connectivity index (χ3v) is 6.20. The molecule has 1 N–H and O–H groups in total. The smallest absolute Gasteiger partial charge is 0.269 e. The van der Waals surface area contributed by atoms with Crippen LogP contribution >= 0.6 is 0 Å². The largest absolute Gasteiger partial charge is 0.365 e. The highest BCUT2D eigenvalue weighted by atomic mass is 19.1. The lowest BCUT2D eigenvalue weighted by Crippen LogP contribution is -2.50. The summed E-state index contributed by atoms with van der Waals surface area (Å²) in [6.45, 7) is 12.9. The van der Waals surface area contributed by atoms with Crippen LogP contribution in [0, 0.1) is 17.3 Å². The summed E-state index contributed by atoms with van der Waals surface area (Å²) in [7, 11) is 0. The number of aromatic nitrogens is 1. The van der Waals surface area contributed by atoms with E-state index in [0.717, 1.165) is 32.1 Å². The zero-order valence-corrected chi connectivity index (χ0v) is 17.1. The van der Waals surface area contributed by atoms with Crippen LogP contribution in [0.2, 0.25) is 0 Å². The number of amides is 1. The second kappa shape index (κ2) is 8.13. The number of carbonyl (C=O) groups is 1. The number of carbonyl (C=O) groups excluding carboxylic acids is 1. The topological polar surface area (TPSA) is 48.5 Å². The molecule has 3 rings (SSSR count). The molecule has 1 saturated heterocycles. The van der Waals surface area contributed by atoms with Crippen LogP contribution < -0.4 is 10.2 Å². The molecule has 2 atom stereocenters. The first-order valence-electron chi connectivity index (χ1n) is 10.2. The fourth-order valence-electron chi connectivity index (χ4n) is 4.44. The number of hydrogen-bond donors (Lipinski definition) is 1. The van der Waals surface area contributed by atoms with Crippen molar-refractivity contribution in [2.24, 2.45) is 11.3 Å². The Bertz CT molecular complexity index is 665. The molecule has 2 fully saturated rings. The van der Waals surface area contributed by atoms with Gasteiger partial charge in [-0.15, -0.1) is 0 Å². The van der Waals surface area contributed by atoms with Crippen molar-refractivity contribution < 1.29 is 9.18 Å². The van der Waals surface area contributed by atoms with Crippen LogP contribution in [0.25, 0.3) is 0 Å². The molecule has 1 unspecified atom stereocenters. The zero-order chi connectivity index (χ0) is 19.6. The van der Waals surface area contributed by atoms with Crippen LogP contribution in [0.3, 0.4) is 0 Å². The Morgan fingerprint density at radius 1 is 1.22 bits per heavy atom. The average Bonchev–Trinajstić information content (AvgIpc) is 3.12. The van der Waals surface area contributed by atoms with Gasteiger partial charge >= 0.3 is 0 Å². The first kappa shape index (κ1) is 20.1. The van der Waals surface area contributed by atoms with Crippen LogP contribution in [0.4, 0.5) is 10.1 Å². The van der Waals surface area contributed by atoms with E-state index in [-0.39, 0.29) is 11.6 Å². The molecule has 2 heterocycles. The van der Waals surface area contributed by atoms with Crippen molar-refractivity contribution in [3.8, 4) is 0 Å². The van der Waals surface area contributed by atoms with Crippen molar-refractivity contribution in [2.75, 3.05) is 37.6 Å². The minimum atomic E-state index is -0.555. The highest BCUT2D eigenvalue weighted by Gasteiger charge is 2.36. The molecule has 1 aromatic rings. The Hall–Kier alpha value is -1.69. The van der Waals surface area contributed by atoms with Crippen molar-refractivity contribution in [1.82, 2.24) is 15.2 Å². The summed E-state index contributed by atoms with van der Waals surface area (Å²) in [6, 6.07) is 3.97. The van der Waals surface area contributed by atoms with Gasteiger partial charge in [0.25, 0.3) is 5.91 Å². The molecule has 27 heavy (non-hydrogen) atoms. The zero-order valence-electron chi connectivity index (χ0n) is 17.1. The van der Waals surface area contributed by atoms with Crippen molar-refractivity contribution in [3.05, 3.63) is 23.8 Å². The molecule has 1 aliphatic heterocycles. The molecule has 1 aliphatic carbocycles. The maximum absolute atomic E-state index is 14.5. The highest BCUT2D eigenvalue weighted by Crippen LogP contribution is 2.41. The number of anilines is 1. The van der Waals surface area contributed by atoms with Crippen LogP contribution in [0.1, 0.15) is 57.4 Å². The van der Waals surface area contributed by atoms with Gasteiger partial charge in [-0.05, 0) is 49.7 Å². The number of hydrogen-bond acceptors (Lipinski definition) is 4. The van der Waals surface area contributed by atoms with E-state index in [2.05, 4.69) is 40.9 Å². The summed E-state index contributed by atoms with van der Waals surface area (Å²) < 4.78 is 14.5. The summed E-state index contributed by atoms with van der Waals surface area (Å²) in [6.07, 6.45) is 3.87. The van der Waals surface area contributed by atoms with Gasteiger partial charge in [0, 0.05) is 38.8 Å². The number of halogens is 1. The third kappa shape index (κ3) is 4.60. The summed E-state index contributed by atoms with van der Waals surface area (Å²) in [5.74, 6) is -0.0905. The summed E-state index contributed by atoms with van der Waals surface area (Å²) in [5, 5.41) is 2.65. The van der Waals surface area contributed by atoms with Gasteiger partial charge in [-0.3, -0.25) is 9.69 Å². The van der Waals surface area contributed by atoms with Crippen molar-refractivity contribution in [1.29, 1.82) is 0 Å². The lowest BCUT2D eigenvalue weighted by Gasteiger charge is -2.39. The monoisotopic (exact) mass is 376 g/mol. The average molecular weight is 377 g/mol. The predicted octanol–water partition coefficient (Wildman–Crippen LogP) is 3.31. The van der Waals surface area contributed by atoms with E-state index < -0.39 is 5.95 Å². The molecule has 1 saturated carbocycles. The van der Waals surface area contributed by atoms with Crippen LogP contribution in [0.15, 0.2) is 12.1 Å². The van der Waals surface area contributed by atoms with Gasteiger partial charge in [-0.1, -0.05) is 20.8 Å². The van der Waals surface area contributed by atoms with Gasteiger partial charge in [-0.25, -0.2) is 4.98 Å². The maximum atomic E-state index is 14.5. The second-order valence-corrected chi connectivity index (χ2v) is 8.92. The maximum Gasteiger partial charge on any atom is 0.269 e. The lowest BCUT2D eigenvalue weighted by atomic mass is 9.79. The van der Waals surface area contributed by atoms with Gasteiger partial charge in [-0.2, -0.15) is 4.39 Å². The highest BCUT2D eigenvalue weighted by molar-refractivity contribution is 5.92. The van der Waals surface area contributed by atoms with E-state index in [4.69, 9.17) is 0 Å². The second-order valence-electron chi connectivity index (χ2n) is 8.92. The molecule has 6 heteroatoms. The van der Waals surface area contributed by atoms with Crippen molar-refractivity contribution in [3.63, 3.8) is 0 Å². The summed E-state index contributed by atoms with van der Waals surface area (Å²) in [5.41, 5.74) is 1.02. The van der Waals surface area contributed by atoms with E-state index in [0.29, 0.717) is 23.7 Å². The SMILES string of the molecule is CCNC(=O)c1ccc(N2CCN([C@@H]3CCC(C(C)(C)C)C3)CC2)c(F)n1. The van der Waals surface area contributed by atoms with Gasteiger partial charge in [0.2, 0.25) is 5.95 Å². The van der Waals surface area contributed by atoms with Crippen molar-refractivity contribution in [2.45, 2.75) is 53.0 Å². The van der Waals surface area contributed by atoms with E-state index in [1.54, 1.807) is 12.1 Å². The number of pyridine rings is 1. The van der Waals surface area contributed by atoms with E-state index in [1.165, 1.54) is 19.3 Å². The Kier molecular flexibility index (Phi) is 6.04. The fraction of sp³-hybridized carbons (Fsp3) is 0.714. The summed E-state index contributed by atoms with van der Waals surface area (Å²) >= 11 is 0. The van der Waals surface area contributed by atoms with Crippen LogP contribution in [-0.2, 0) is 0 Å². The lowest BCUT2D eigenvalue weighted by molar-refractivity contribution is 0.0949. The van der Waals surface area contributed by atoms with Gasteiger partial charge in [0.1, 0.15) is 5.69 Å². The Labute approximate surface area is 162 Å². The van der Waals surface area contributed by atoms with E-state index in [1.807, 2.05) is 6.92 Å². The molecule has 0 bridgehead atoms. The first-order valence-corrected chi connectivity index (χ1v) is 10.2. The third-order valence-electron chi connectivity index (χ3n) is 6.20. The Morgan fingerprint density at radius 3 is 2.48 bits per heavy atom. The number of nitrogens with zero attached hydrogens (tertiary/aromatic N) is 3. The minimum Gasteiger partial charge on any atom is -0.365 e. The Morgan fingerprint density at radius 2 is 1.93 bits per heavy atom. The Balaban J connectivity index is 1.57. The fourth-order valence-corrected chi connectivity index (χ4v) is 4.44. The predicted molar refractivity (Wildman–Crippen MR) is 107 cm³/mol. The molecule has 0 spiro atoms. The molecule has 150 valence electrons. The first-order chi connectivity index (χ1) is 12.8. The van der Waals surface area contributed by atoms with Crippen molar-refractivity contribution >= 4 is 11.6 Å². The molecule has 1 aromatic heterocycles. The molecule has 2 aliphatic rings. The molecule has 0 aromatic carbocycles. The minimum absolute atomic E-state index is 0.135. The van der Waals surface area contributed by atoms with Gasteiger partial charge in [0.15, 0.2) is 0 Å². The van der Waals surface area contributed by atoms with Gasteiger partial charge < -0.3 is 10.2 Å². The van der Waals surface area contributed by atoms with E-state index in [9.17, 15) is 9.18 Å². The summed E-state index contributed by atoms with van der Waals surface area (Å²) in [4.78, 5) is 20.3. The van der Waals surface area contributed by atoms with Crippen LogP contribution in [0.5, 0.6) is 0 Å². The van der Waals surface area contributed by atoms with E-state index >= 15 is 0 Å². The number of nitrogens with one attached hydrogen (secondary N) is 1. The molecular weight excluding hydrogens is 343 g/mol. The standard InChI is InChI=1S/C21H33FN4O/c1-5-23-20(27)17-8-9-18(19(22)24-17)26-12-10-25(11-13-26)16-7-6-15(14-16)21(2,3)4/h8-9,15-16H,5-7,10-14H2,1-4H3,(H,23,27)/t15?,16-/m1/s1. The van der Waals surface area contributed by atoms with Gasteiger partial charge in [0.05, 0.1) is 5.69 Å². The number of piperazine rings is 1. The number of rotatable bonds is 4. The molecule has 1 amide bonds. The normalized spacial score (nSPS) is 24.3. The quantitative estimate of drug-likeness (QED) is 0.819. The molecule has 5 nitrogen and oxygen atoms in total. The van der Waals surface area contributed by atoms with Crippen LogP contribution in [-0.4, -0.2) is 54.6 Å². The molecular formula is C21H33FN4O.